The van der Waals surface area contributed by atoms with Crippen LogP contribution in [0.3, 0.4) is 0 Å². The third-order valence-corrected chi connectivity index (χ3v) is 4.93. The minimum atomic E-state index is 0.667. The molecule has 1 saturated carbocycles. The van der Waals surface area contributed by atoms with Gasteiger partial charge in [-0.05, 0) is 72.7 Å². The number of nitrogens with zero attached hydrogens (tertiary/aromatic N) is 1. The van der Waals surface area contributed by atoms with E-state index in [1.54, 1.807) is 0 Å². The van der Waals surface area contributed by atoms with Gasteiger partial charge in [-0.15, -0.1) is 0 Å². The maximum Gasteiger partial charge on any atom is 0.0513 e. The van der Waals surface area contributed by atoms with Crippen LogP contribution in [-0.2, 0) is 6.54 Å². The van der Waals surface area contributed by atoms with Crippen LogP contribution in [0.25, 0.3) is 0 Å². The molecule has 0 spiro atoms. The zero-order chi connectivity index (χ0) is 13.2. The van der Waals surface area contributed by atoms with Crippen molar-refractivity contribution in [1.29, 1.82) is 0 Å². The average Bonchev–Trinajstić information content (AvgIpc) is 3.22. The summed E-state index contributed by atoms with van der Waals surface area (Å²) in [7, 11) is 0. The van der Waals surface area contributed by atoms with Crippen LogP contribution >= 0.6 is 15.9 Å². The molecule has 3 rings (SSSR count). The van der Waals surface area contributed by atoms with Gasteiger partial charge < -0.3 is 10.2 Å². The Labute approximate surface area is 124 Å². The van der Waals surface area contributed by atoms with Gasteiger partial charge in [0.15, 0.2) is 0 Å². The first kappa shape index (κ1) is 13.4. The molecular formula is C16H23BrN2. The summed E-state index contributed by atoms with van der Waals surface area (Å²) in [6.07, 6.45) is 6.72. The molecule has 1 aromatic carbocycles. The Balaban J connectivity index is 1.70. The molecule has 2 aliphatic rings. The van der Waals surface area contributed by atoms with E-state index in [0.29, 0.717) is 6.04 Å². The number of nitrogens with one attached hydrogen (secondary N) is 1. The molecule has 2 fully saturated rings. The molecule has 2 nitrogen and oxygen atoms in total. The minimum absolute atomic E-state index is 0.667. The van der Waals surface area contributed by atoms with Crippen LogP contribution in [0.1, 0.15) is 44.6 Å². The second-order valence-electron chi connectivity index (χ2n) is 5.98. The summed E-state index contributed by atoms with van der Waals surface area (Å²) in [4.78, 5) is 2.55. The Morgan fingerprint density at radius 3 is 2.79 bits per heavy atom. The van der Waals surface area contributed by atoms with Crippen molar-refractivity contribution in [2.24, 2.45) is 0 Å². The first-order valence-corrected chi connectivity index (χ1v) is 8.32. The lowest BCUT2D eigenvalue weighted by molar-refractivity contribution is 0.484. The summed E-state index contributed by atoms with van der Waals surface area (Å²) in [6, 6.07) is 8.29. The van der Waals surface area contributed by atoms with Crippen LogP contribution in [0.2, 0.25) is 0 Å². The first-order chi connectivity index (χ1) is 9.24. The van der Waals surface area contributed by atoms with Gasteiger partial charge in [-0.3, -0.25) is 0 Å². The highest BCUT2D eigenvalue weighted by atomic mass is 79.9. The first-order valence-electron chi connectivity index (χ1n) is 7.52. The molecule has 1 aromatic rings. The predicted molar refractivity (Wildman–Crippen MR) is 84.7 cm³/mol. The molecule has 1 aliphatic heterocycles. The lowest BCUT2D eigenvalue weighted by Crippen LogP contribution is -2.37. The standard InChI is InChI=1S/C16H23BrN2/c1-12-4-2-3-9-19(12)16-8-5-13(10-15(16)17)11-18-14-6-7-14/h5,8,10,12,14,18H,2-4,6-7,9,11H2,1H3. The van der Waals surface area contributed by atoms with Gasteiger partial charge in [-0.25, -0.2) is 0 Å². The Morgan fingerprint density at radius 1 is 1.26 bits per heavy atom. The van der Waals surface area contributed by atoms with E-state index >= 15 is 0 Å². The second-order valence-corrected chi connectivity index (χ2v) is 6.83. The molecule has 1 atom stereocenters. The average molecular weight is 323 g/mol. The van der Waals surface area contributed by atoms with Gasteiger partial charge in [0, 0.05) is 29.6 Å². The van der Waals surface area contributed by atoms with E-state index in [0.717, 1.165) is 12.6 Å². The molecule has 1 heterocycles. The normalized spacial score (nSPS) is 23.7. The molecule has 1 unspecified atom stereocenters. The van der Waals surface area contributed by atoms with Crippen LogP contribution < -0.4 is 10.2 Å². The molecular weight excluding hydrogens is 300 g/mol. The summed E-state index contributed by atoms with van der Waals surface area (Å²) >= 11 is 3.76. The van der Waals surface area contributed by atoms with Crippen LogP contribution in [0.5, 0.6) is 0 Å². The van der Waals surface area contributed by atoms with E-state index in [4.69, 9.17) is 0 Å². The fourth-order valence-electron chi connectivity index (χ4n) is 2.90. The summed E-state index contributed by atoms with van der Waals surface area (Å²) in [5.41, 5.74) is 2.74. The monoisotopic (exact) mass is 322 g/mol. The highest BCUT2D eigenvalue weighted by molar-refractivity contribution is 9.10. The topological polar surface area (TPSA) is 15.3 Å². The molecule has 3 heteroatoms. The van der Waals surface area contributed by atoms with Crippen LogP contribution in [0.15, 0.2) is 22.7 Å². The fourth-order valence-corrected chi connectivity index (χ4v) is 3.55. The smallest absolute Gasteiger partial charge is 0.0513 e. The van der Waals surface area contributed by atoms with Gasteiger partial charge in [-0.1, -0.05) is 6.07 Å². The summed E-state index contributed by atoms with van der Waals surface area (Å²) in [5.74, 6) is 0. The molecule has 1 aliphatic carbocycles. The van der Waals surface area contributed by atoms with Crippen molar-refractivity contribution >= 4 is 21.6 Å². The third kappa shape index (κ3) is 3.32. The Bertz CT molecular complexity index is 442. The molecule has 104 valence electrons. The van der Waals surface area contributed by atoms with E-state index in [2.05, 4.69) is 51.3 Å². The van der Waals surface area contributed by atoms with E-state index in [1.807, 2.05) is 0 Å². The Kier molecular flexibility index (Phi) is 4.13. The highest BCUT2D eigenvalue weighted by Gasteiger charge is 2.22. The summed E-state index contributed by atoms with van der Waals surface area (Å²) < 4.78 is 1.25. The van der Waals surface area contributed by atoms with E-state index in [9.17, 15) is 0 Å². The maximum absolute atomic E-state index is 3.76. The molecule has 1 N–H and O–H groups in total. The van der Waals surface area contributed by atoms with Crippen molar-refractivity contribution < 1.29 is 0 Å². The fraction of sp³-hybridized carbons (Fsp3) is 0.625. The number of hydrogen-bond donors (Lipinski definition) is 1. The Hall–Kier alpha value is -0.540. The number of hydrogen-bond acceptors (Lipinski definition) is 2. The number of benzene rings is 1. The molecule has 0 bridgehead atoms. The zero-order valence-corrected chi connectivity index (χ0v) is 13.2. The lowest BCUT2D eigenvalue weighted by atomic mass is 10.0. The molecule has 1 saturated heterocycles. The van der Waals surface area contributed by atoms with Crippen LogP contribution in [0.4, 0.5) is 5.69 Å². The van der Waals surface area contributed by atoms with Crippen molar-refractivity contribution in [1.82, 2.24) is 5.32 Å². The van der Waals surface area contributed by atoms with E-state index in [-0.39, 0.29) is 0 Å². The van der Waals surface area contributed by atoms with Gasteiger partial charge in [0.05, 0.1) is 5.69 Å². The molecule has 0 aromatic heterocycles. The predicted octanol–water partition coefficient (Wildman–Crippen LogP) is 4.08. The molecule has 19 heavy (non-hydrogen) atoms. The van der Waals surface area contributed by atoms with Gasteiger partial charge >= 0.3 is 0 Å². The maximum atomic E-state index is 3.76. The summed E-state index contributed by atoms with van der Waals surface area (Å²) in [6.45, 7) is 4.53. The van der Waals surface area contributed by atoms with Gasteiger partial charge in [0.2, 0.25) is 0 Å². The summed E-state index contributed by atoms with van der Waals surface area (Å²) in [5, 5.41) is 3.57. The number of halogens is 1. The third-order valence-electron chi connectivity index (χ3n) is 4.30. The quantitative estimate of drug-likeness (QED) is 0.898. The largest absolute Gasteiger partial charge is 0.368 e. The zero-order valence-electron chi connectivity index (χ0n) is 11.7. The van der Waals surface area contributed by atoms with Crippen molar-refractivity contribution in [3.63, 3.8) is 0 Å². The van der Waals surface area contributed by atoms with Crippen LogP contribution in [-0.4, -0.2) is 18.6 Å². The van der Waals surface area contributed by atoms with Crippen molar-refractivity contribution in [2.75, 3.05) is 11.4 Å². The number of anilines is 1. The number of rotatable bonds is 4. The minimum Gasteiger partial charge on any atom is -0.368 e. The Morgan fingerprint density at radius 2 is 2.11 bits per heavy atom. The van der Waals surface area contributed by atoms with Crippen molar-refractivity contribution in [3.8, 4) is 0 Å². The molecule has 0 radical (unpaired) electrons. The number of piperidine rings is 1. The van der Waals surface area contributed by atoms with Gasteiger partial charge in [0.25, 0.3) is 0 Å². The van der Waals surface area contributed by atoms with Crippen LogP contribution in [0, 0.1) is 0 Å². The highest BCUT2D eigenvalue weighted by Crippen LogP contribution is 2.32. The van der Waals surface area contributed by atoms with Gasteiger partial charge in [0.1, 0.15) is 0 Å². The van der Waals surface area contributed by atoms with E-state index in [1.165, 1.54) is 54.4 Å². The second kappa shape index (κ2) is 5.84. The van der Waals surface area contributed by atoms with Crippen molar-refractivity contribution in [2.45, 2.75) is 57.7 Å². The van der Waals surface area contributed by atoms with E-state index < -0.39 is 0 Å². The molecule has 0 amide bonds. The SMILES string of the molecule is CC1CCCCN1c1ccc(CNC2CC2)cc1Br. The van der Waals surface area contributed by atoms with Crippen molar-refractivity contribution in [3.05, 3.63) is 28.2 Å². The van der Waals surface area contributed by atoms with Gasteiger partial charge in [-0.2, -0.15) is 0 Å². The lowest BCUT2D eigenvalue weighted by Gasteiger charge is -2.36.